The van der Waals surface area contributed by atoms with Crippen LogP contribution in [0.2, 0.25) is 0 Å². The molecule has 0 saturated carbocycles. The molecule has 1 aromatic carbocycles. The largest absolute Gasteiger partial charge is 0.350 e. The zero-order valence-corrected chi connectivity index (χ0v) is 9.92. The number of halogens is 1. The van der Waals surface area contributed by atoms with Gasteiger partial charge in [0.25, 0.3) is 9.05 Å². The van der Waals surface area contributed by atoms with E-state index in [0.29, 0.717) is 10.9 Å². The second-order valence-electron chi connectivity index (χ2n) is 3.41. The minimum absolute atomic E-state index is 0.0112. The first-order valence-corrected chi connectivity index (χ1v) is 6.74. The minimum Gasteiger partial charge on any atom is -0.350 e. The first-order valence-electron chi connectivity index (χ1n) is 4.43. The Hall–Kier alpha value is -1.33. The molecular formula is C10H8ClNO3S. The Labute approximate surface area is 96.5 Å². The van der Waals surface area contributed by atoms with Crippen molar-refractivity contribution in [2.24, 2.45) is 7.05 Å². The summed E-state index contributed by atoms with van der Waals surface area (Å²) in [4.78, 5) is 11.5. The van der Waals surface area contributed by atoms with Gasteiger partial charge in [0.15, 0.2) is 5.43 Å². The van der Waals surface area contributed by atoms with Crippen LogP contribution < -0.4 is 5.43 Å². The number of pyridine rings is 1. The molecule has 2 rings (SSSR count). The SMILES string of the molecule is Cn1ccc(=O)c2ccc(S(=O)(=O)Cl)cc21. The molecule has 84 valence electrons. The van der Waals surface area contributed by atoms with Gasteiger partial charge in [-0.2, -0.15) is 0 Å². The maximum absolute atomic E-state index is 11.5. The average Bonchev–Trinajstić information content (AvgIpc) is 2.22. The molecule has 0 aliphatic heterocycles. The van der Waals surface area contributed by atoms with E-state index < -0.39 is 9.05 Å². The van der Waals surface area contributed by atoms with Gasteiger partial charge in [0, 0.05) is 35.4 Å². The third-order valence-corrected chi connectivity index (χ3v) is 3.70. The lowest BCUT2D eigenvalue weighted by atomic mass is 10.2. The van der Waals surface area contributed by atoms with Crippen molar-refractivity contribution in [2.75, 3.05) is 0 Å². The summed E-state index contributed by atoms with van der Waals surface area (Å²) in [5.41, 5.74) is 0.390. The minimum atomic E-state index is -3.77. The van der Waals surface area contributed by atoms with Gasteiger partial charge in [0.05, 0.1) is 10.4 Å². The summed E-state index contributed by atoms with van der Waals surface area (Å²) in [5.74, 6) is 0. The fraction of sp³-hybridized carbons (Fsp3) is 0.100. The van der Waals surface area contributed by atoms with Crippen LogP contribution in [0.1, 0.15) is 0 Å². The summed E-state index contributed by atoms with van der Waals surface area (Å²) in [6, 6.07) is 5.61. The molecule has 0 N–H and O–H groups in total. The van der Waals surface area contributed by atoms with Crippen LogP contribution in [-0.4, -0.2) is 13.0 Å². The number of rotatable bonds is 1. The molecule has 6 heteroatoms. The van der Waals surface area contributed by atoms with Crippen molar-refractivity contribution >= 4 is 30.6 Å². The molecule has 0 amide bonds. The van der Waals surface area contributed by atoms with Crippen molar-refractivity contribution in [2.45, 2.75) is 4.90 Å². The van der Waals surface area contributed by atoms with Crippen LogP contribution in [0.4, 0.5) is 0 Å². The van der Waals surface area contributed by atoms with Crippen molar-refractivity contribution in [3.63, 3.8) is 0 Å². The second kappa shape index (κ2) is 3.61. The molecular weight excluding hydrogens is 250 g/mol. The third kappa shape index (κ3) is 1.83. The van der Waals surface area contributed by atoms with Crippen molar-refractivity contribution in [3.05, 3.63) is 40.7 Å². The summed E-state index contributed by atoms with van der Waals surface area (Å²) in [6.45, 7) is 0. The number of nitrogens with zero attached hydrogens (tertiary/aromatic N) is 1. The van der Waals surface area contributed by atoms with Gasteiger partial charge in [-0.3, -0.25) is 4.79 Å². The predicted octanol–water partition coefficient (Wildman–Crippen LogP) is 1.47. The predicted molar refractivity (Wildman–Crippen MR) is 62.2 cm³/mol. The molecule has 0 bridgehead atoms. The summed E-state index contributed by atoms with van der Waals surface area (Å²) in [6.07, 6.45) is 1.58. The van der Waals surface area contributed by atoms with Crippen molar-refractivity contribution in [1.29, 1.82) is 0 Å². The molecule has 0 saturated heterocycles. The normalized spacial score (nSPS) is 11.9. The summed E-state index contributed by atoms with van der Waals surface area (Å²) >= 11 is 0. The van der Waals surface area contributed by atoms with E-state index in [1.54, 1.807) is 17.8 Å². The van der Waals surface area contributed by atoms with Gasteiger partial charge in [-0.05, 0) is 18.2 Å². The Kier molecular flexibility index (Phi) is 2.52. The Bertz CT molecular complexity index is 718. The van der Waals surface area contributed by atoms with Crippen LogP contribution >= 0.6 is 10.7 Å². The highest BCUT2D eigenvalue weighted by molar-refractivity contribution is 8.13. The Morgan fingerprint density at radius 2 is 1.94 bits per heavy atom. The molecule has 0 radical (unpaired) electrons. The zero-order valence-electron chi connectivity index (χ0n) is 8.34. The molecule has 16 heavy (non-hydrogen) atoms. The standard InChI is InChI=1S/C10H8ClNO3S/c1-12-5-4-10(13)8-3-2-7(6-9(8)12)16(11,14)15/h2-6H,1H3. The molecule has 4 nitrogen and oxygen atoms in total. The number of benzene rings is 1. The first-order chi connectivity index (χ1) is 7.39. The molecule has 2 aromatic rings. The van der Waals surface area contributed by atoms with E-state index in [1.165, 1.54) is 24.3 Å². The number of aromatic nitrogens is 1. The highest BCUT2D eigenvalue weighted by Crippen LogP contribution is 2.19. The first kappa shape index (κ1) is 11.2. The van der Waals surface area contributed by atoms with E-state index in [1.807, 2.05) is 0 Å². The number of hydrogen-bond acceptors (Lipinski definition) is 3. The molecule has 1 heterocycles. The number of aryl methyl sites for hydroxylation is 1. The molecule has 1 aromatic heterocycles. The highest BCUT2D eigenvalue weighted by atomic mass is 35.7. The van der Waals surface area contributed by atoms with Crippen LogP contribution in [0.15, 0.2) is 40.2 Å². The van der Waals surface area contributed by atoms with Crippen LogP contribution in [0.25, 0.3) is 10.9 Å². The summed E-state index contributed by atoms with van der Waals surface area (Å²) in [7, 11) is 3.20. The lowest BCUT2D eigenvalue weighted by molar-refractivity contribution is 0.609. The zero-order chi connectivity index (χ0) is 11.9. The van der Waals surface area contributed by atoms with Gasteiger partial charge in [0.2, 0.25) is 0 Å². The molecule has 0 aliphatic rings. The summed E-state index contributed by atoms with van der Waals surface area (Å²) < 4.78 is 24.0. The molecule has 0 unspecified atom stereocenters. The Morgan fingerprint density at radius 3 is 2.56 bits per heavy atom. The van der Waals surface area contributed by atoms with Gasteiger partial charge >= 0.3 is 0 Å². The van der Waals surface area contributed by atoms with E-state index in [4.69, 9.17) is 10.7 Å². The Morgan fingerprint density at radius 1 is 1.25 bits per heavy atom. The van der Waals surface area contributed by atoms with Gasteiger partial charge in [-0.15, -0.1) is 0 Å². The van der Waals surface area contributed by atoms with Gasteiger partial charge in [-0.25, -0.2) is 8.42 Å². The van der Waals surface area contributed by atoms with Crippen LogP contribution in [0, 0.1) is 0 Å². The van der Waals surface area contributed by atoms with Crippen LogP contribution in [-0.2, 0) is 16.1 Å². The Balaban J connectivity index is 2.92. The van der Waals surface area contributed by atoms with Gasteiger partial charge < -0.3 is 4.57 Å². The molecule has 0 atom stereocenters. The maximum atomic E-state index is 11.5. The van der Waals surface area contributed by atoms with Crippen molar-refractivity contribution in [3.8, 4) is 0 Å². The highest BCUT2D eigenvalue weighted by Gasteiger charge is 2.11. The third-order valence-electron chi connectivity index (χ3n) is 2.35. The van der Waals surface area contributed by atoms with E-state index in [0.717, 1.165) is 0 Å². The summed E-state index contributed by atoms with van der Waals surface area (Å²) in [5, 5.41) is 0.467. The van der Waals surface area contributed by atoms with E-state index in [9.17, 15) is 13.2 Å². The molecule has 0 aliphatic carbocycles. The number of fused-ring (bicyclic) bond motifs is 1. The fourth-order valence-corrected chi connectivity index (χ4v) is 2.28. The quantitative estimate of drug-likeness (QED) is 0.727. The fourth-order valence-electron chi connectivity index (χ4n) is 1.51. The van der Waals surface area contributed by atoms with E-state index in [-0.39, 0.29) is 10.3 Å². The maximum Gasteiger partial charge on any atom is 0.261 e. The van der Waals surface area contributed by atoms with Crippen molar-refractivity contribution < 1.29 is 8.42 Å². The van der Waals surface area contributed by atoms with E-state index >= 15 is 0 Å². The lowest BCUT2D eigenvalue weighted by Crippen LogP contribution is -2.05. The van der Waals surface area contributed by atoms with Gasteiger partial charge in [-0.1, -0.05) is 0 Å². The van der Waals surface area contributed by atoms with E-state index in [2.05, 4.69) is 0 Å². The van der Waals surface area contributed by atoms with Crippen molar-refractivity contribution in [1.82, 2.24) is 4.57 Å². The topological polar surface area (TPSA) is 56.1 Å². The lowest BCUT2D eigenvalue weighted by Gasteiger charge is -2.05. The van der Waals surface area contributed by atoms with Crippen LogP contribution in [0.3, 0.4) is 0 Å². The van der Waals surface area contributed by atoms with Gasteiger partial charge in [0.1, 0.15) is 0 Å². The number of hydrogen-bond donors (Lipinski definition) is 0. The van der Waals surface area contributed by atoms with Crippen LogP contribution in [0.5, 0.6) is 0 Å². The average molecular weight is 258 g/mol. The molecule has 0 fully saturated rings. The molecule has 0 spiro atoms. The smallest absolute Gasteiger partial charge is 0.261 e. The monoisotopic (exact) mass is 257 g/mol. The second-order valence-corrected chi connectivity index (χ2v) is 5.97.